The Hall–Kier alpha value is -1.82. The number of epoxide rings is 1. The molecule has 0 aliphatic carbocycles. The molecule has 0 radical (unpaired) electrons. The fourth-order valence-corrected chi connectivity index (χ4v) is 6.79. The number of allylic oxidation sites excluding steroid dienone is 1. The van der Waals surface area contributed by atoms with Gasteiger partial charge in [-0.05, 0) is 38.5 Å². The van der Waals surface area contributed by atoms with Gasteiger partial charge in [-0.3, -0.25) is 23.4 Å². The molecule has 310 valence electrons. The maximum absolute atomic E-state index is 12.6. The number of phosphoric acid groups is 1. The molecule has 1 rings (SSSR count). The van der Waals surface area contributed by atoms with Crippen molar-refractivity contribution in [3.8, 4) is 0 Å². The van der Waals surface area contributed by atoms with Crippen molar-refractivity contribution in [3.05, 3.63) is 12.2 Å². The Morgan fingerprint density at radius 1 is 0.679 bits per heavy atom. The van der Waals surface area contributed by atoms with Crippen molar-refractivity contribution in [3.63, 3.8) is 0 Å². The number of hydrogen-bond acceptors (Lipinski definition) is 10. The lowest BCUT2D eigenvalue weighted by molar-refractivity contribution is -0.161. The van der Waals surface area contributed by atoms with Crippen LogP contribution in [0.2, 0.25) is 0 Å². The monoisotopic (exact) mass is 775 g/mol. The quantitative estimate of drug-likeness (QED) is 0.0178. The van der Waals surface area contributed by atoms with Gasteiger partial charge in [-0.25, -0.2) is 4.57 Å². The van der Waals surface area contributed by atoms with Crippen molar-refractivity contribution in [1.82, 2.24) is 0 Å². The summed E-state index contributed by atoms with van der Waals surface area (Å²) in [5.74, 6) is -2.40. The van der Waals surface area contributed by atoms with Gasteiger partial charge in [0.1, 0.15) is 12.6 Å². The molecule has 1 fully saturated rings. The molecule has 12 nitrogen and oxygen atoms in total. The minimum atomic E-state index is -4.72. The number of ether oxygens (including phenoxy) is 3. The standard InChI is InChI=1S/C40H74NO11P/c1-3-5-7-8-9-10-11-12-13-14-18-21-25-29-38(42)48-31-34(32-49-53(46,47)50-33-35(41)40(44)45)51-39(43)30-26-22-19-16-15-17-20-24-28-37-36(52-37)27-23-6-4-2/h20,24,34-37H,3-19,21-23,25-33,41H2,1-2H3,(H,44,45)(H,46,47)/b24-20-/t34-,35+,36?,37?/m1/s1. The Morgan fingerprint density at radius 2 is 1.19 bits per heavy atom. The van der Waals surface area contributed by atoms with E-state index in [0.717, 1.165) is 57.8 Å². The van der Waals surface area contributed by atoms with Gasteiger partial charge in [0.05, 0.1) is 25.4 Å². The zero-order valence-electron chi connectivity index (χ0n) is 33.1. The van der Waals surface area contributed by atoms with E-state index in [1.807, 2.05) is 0 Å². The maximum Gasteiger partial charge on any atom is 0.472 e. The van der Waals surface area contributed by atoms with E-state index in [9.17, 15) is 23.8 Å². The van der Waals surface area contributed by atoms with Crippen molar-refractivity contribution >= 4 is 25.7 Å². The van der Waals surface area contributed by atoms with Crippen molar-refractivity contribution in [1.29, 1.82) is 0 Å². The van der Waals surface area contributed by atoms with Crippen LogP contribution in [0.3, 0.4) is 0 Å². The van der Waals surface area contributed by atoms with E-state index in [4.69, 9.17) is 29.6 Å². The number of carboxylic acid groups (broad SMARTS) is 1. The molecule has 0 bridgehead atoms. The predicted molar refractivity (Wildman–Crippen MR) is 207 cm³/mol. The summed E-state index contributed by atoms with van der Waals surface area (Å²) in [6.45, 7) is 2.75. The third kappa shape index (κ3) is 30.1. The first-order valence-corrected chi connectivity index (χ1v) is 22.3. The number of nitrogens with two attached hydrogens (primary N) is 1. The van der Waals surface area contributed by atoms with Crippen LogP contribution in [0.5, 0.6) is 0 Å². The van der Waals surface area contributed by atoms with Crippen LogP contribution in [0.15, 0.2) is 12.2 Å². The van der Waals surface area contributed by atoms with Crippen LogP contribution in [-0.4, -0.2) is 72.1 Å². The molecule has 0 aromatic rings. The Balaban J connectivity index is 2.29. The Labute approximate surface area is 320 Å². The summed E-state index contributed by atoms with van der Waals surface area (Å²) >= 11 is 0. The highest BCUT2D eigenvalue weighted by atomic mass is 31.2. The molecule has 3 unspecified atom stereocenters. The number of aliphatic carboxylic acids is 1. The van der Waals surface area contributed by atoms with E-state index >= 15 is 0 Å². The van der Waals surface area contributed by atoms with Crippen molar-refractivity contribution < 1.29 is 52.2 Å². The predicted octanol–water partition coefficient (Wildman–Crippen LogP) is 9.49. The number of unbranched alkanes of at least 4 members (excludes halogenated alkanes) is 19. The lowest BCUT2D eigenvalue weighted by Crippen LogP contribution is -2.34. The molecule has 5 atom stereocenters. The van der Waals surface area contributed by atoms with Gasteiger partial charge in [-0.1, -0.05) is 142 Å². The Kier molecular flexibility index (Phi) is 30.1. The van der Waals surface area contributed by atoms with Crippen LogP contribution in [0.4, 0.5) is 0 Å². The molecule has 1 heterocycles. The van der Waals surface area contributed by atoms with Gasteiger partial charge in [0, 0.05) is 12.8 Å². The molecule has 1 saturated heterocycles. The summed E-state index contributed by atoms with van der Waals surface area (Å²) in [5.41, 5.74) is 5.32. The number of esters is 2. The molecular weight excluding hydrogens is 701 g/mol. The molecule has 1 aliphatic heterocycles. The van der Waals surface area contributed by atoms with Gasteiger partial charge in [0.2, 0.25) is 0 Å². The lowest BCUT2D eigenvalue weighted by Gasteiger charge is -2.20. The fourth-order valence-electron chi connectivity index (χ4n) is 6.01. The number of rotatable bonds is 38. The molecular formula is C40H74NO11P. The molecule has 0 amide bonds. The smallest absolute Gasteiger partial charge is 0.472 e. The zero-order chi connectivity index (χ0) is 39.0. The van der Waals surface area contributed by atoms with Gasteiger partial charge in [0.15, 0.2) is 6.10 Å². The molecule has 0 spiro atoms. The highest BCUT2D eigenvalue weighted by Crippen LogP contribution is 2.43. The van der Waals surface area contributed by atoms with E-state index < -0.39 is 51.1 Å². The average Bonchev–Trinajstić information content (AvgIpc) is 3.88. The van der Waals surface area contributed by atoms with Crippen LogP contribution in [-0.2, 0) is 42.2 Å². The van der Waals surface area contributed by atoms with Gasteiger partial charge in [0.25, 0.3) is 0 Å². The van der Waals surface area contributed by atoms with Gasteiger partial charge >= 0.3 is 25.7 Å². The largest absolute Gasteiger partial charge is 0.480 e. The normalized spacial score (nSPS) is 17.7. The average molecular weight is 776 g/mol. The summed E-state index contributed by atoms with van der Waals surface area (Å²) in [6, 6.07) is -1.52. The second-order valence-electron chi connectivity index (χ2n) is 14.5. The van der Waals surface area contributed by atoms with E-state index in [1.54, 1.807) is 0 Å². The summed E-state index contributed by atoms with van der Waals surface area (Å²) in [6.07, 6.45) is 31.6. The second-order valence-corrected chi connectivity index (χ2v) is 16.0. The van der Waals surface area contributed by atoms with Gasteiger partial charge in [-0.15, -0.1) is 0 Å². The first kappa shape index (κ1) is 49.2. The third-order valence-corrected chi connectivity index (χ3v) is 10.4. The fraction of sp³-hybridized carbons (Fsp3) is 0.875. The number of hydrogen-bond donors (Lipinski definition) is 3. The van der Waals surface area contributed by atoms with E-state index in [2.05, 4.69) is 30.5 Å². The first-order chi connectivity index (χ1) is 25.6. The van der Waals surface area contributed by atoms with Crippen molar-refractivity contribution in [2.75, 3.05) is 19.8 Å². The number of carbonyl (C=O) groups excluding carboxylic acids is 2. The molecule has 13 heteroatoms. The minimum Gasteiger partial charge on any atom is -0.480 e. The van der Waals surface area contributed by atoms with Gasteiger partial charge in [-0.2, -0.15) is 0 Å². The van der Waals surface area contributed by atoms with Gasteiger partial charge < -0.3 is 29.9 Å². The maximum atomic E-state index is 12.6. The van der Waals surface area contributed by atoms with Crippen LogP contribution >= 0.6 is 7.82 Å². The van der Waals surface area contributed by atoms with Crippen LogP contribution in [0, 0.1) is 0 Å². The Morgan fingerprint density at radius 3 is 1.77 bits per heavy atom. The summed E-state index contributed by atoms with van der Waals surface area (Å²) < 4.78 is 38.4. The molecule has 4 N–H and O–H groups in total. The van der Waals surface area contributed by atoms with Crippen LogP contribution in [0.1, 0.15) is 181 Å². The molecule has 53 heavy (non-hydrogen) atoms. The summed E-state index contributed by atoms with van der Waals surface area (Å²) in [5, 5.41) is 8.87. The number of phosphoric ester groups is 1. The van der Waals surface area contributed by atoms with E-state index in [-0.39, 0.29) is 19.4 Å². The Bertz CT molecular complexity index is 1030. The first-order valence-electron chi connectivity index (χ1n) is 20.8. The van der Waals surface area contributed by atoms with Crippen LogP contribution < -0.4 is 5.73 Å². The molecule has 0 aromatic heterocycles. The topological polar surface area (TPSA) is 184 Å². The zero-order valence-corrected chi connectivity index (χ0v) is 34.0. The summed E-state index contributed by atoms with van der Waals surface area (Å²) in [4.78, 5) is 45.9. The molecule has 0 saturated carbocycles. The van der Waals surface area contributed by atoms with Crippen LogP contribution in [0.25, 0.3) is 0 Å². The van der Waals surface area contributed by atoms with E-state index in [0.29, 0.717) is 25.0 Å². The lowest BCUT2D eigenvalue weighted by atomic mass is 10.0. The highest BCUT2D eigenvalue weighted by Gasteiger charge is 2.36. The van der Waals surface area contributed by atoms with Crippen molar-refractivity contribution in [2.24, 2.45) is 5.73 Å². The highest BCUT2D eigenvalue weighted by molar-refractivity contribution is 7.47. The second kappa shape index (κ2) is 32.4. The SMILES string of the molecule is CCCCCCCCCCCCCCCC(=O)OC[C@H](COP(=O)(O)OC[C@H](N)C(=O)O)OC(=O)CCCCCCC/C=C\CC1OC1CCCCC. The van der Waals surface area contributed by atoms with Crippen molar-refractivity contribution in [2.45, 2.75) is 205 Å². The third-order valence-electron chi connectivity index (χ3n) is 9.44. The van der Waals surface area contributed by atoms with E-state index in [1.165, 1.54) is 83.5 Å². The summed E-state index contributed by atoms with van der Waals surface area (Å²) in [7, 11) is -4.72. The molecule has 1 aliphatic rings. The molecule has 0 aromatic carbocycles. The number of carbonyl (C=O) groups is 3. The minimum absolute atomic E-state index is 0.144. The number of carboxylic acids is 1.